The minimum atomic E-state index is -0.331. The number of nitrogen functional groups attached to an aromatic ring is 1. The highest BCUT2D eigenvalue weighted by atomic mass is 19.1. The standard InChI is InChI=1S/C12H16FN3O/c1-7-5-11(9(14)6-8(7)13)15-10-3-4-16(2)12(10)17/h5-6,10,15H,3-4,14H2,1-2H3. The molecule has 4 nitrogen and oxygen atoms in total. The van der Waals surface area contributed by atoms with Crippen molar-refractivity contribution in [1.82, 2.24) is 4.90 Å². The van der Waals surface area contributed by atoms with E-state index >= 15 is 0 Å². The Labute approximate surface area is 99.6 Å². The van der Waals surface area contributed by atoms with Crippen LogP contribution in [0.1, 0.15) is 12.0 Å². The van der Waals surface area contributed by atoms with Crippen molar-refractivity contribution in [3.63, 3.8) is 0 Å². The molecule has 0 saturated carbocycles. The number of amides is 1. The van der Waals surface area contributed by atoms with Gasteiger partial charge in [-0.25, -0.2) is 4.39 Å². The van der Waals surface area contributed by atoms with Crippen molar-refractivity contribution in [2.24, 2.45) is 0 Å². The Kier molecular flexibility index (Phi) is 2.92. The van der Waals surface area contributed by atoms with Crippen molar-refractivity contribution in [3.8, 4) is 0 Å². The fourth-order valence-corrected chi connectivity index (χ4v) is 1.97. The summed E-state index contributed by atoms with van der Waals surface area (Å²) in [5.74, 6) is -0.283. The molecule has 5 heteroatoms. The number of benzene rings is 1. The maximum absolute atomic E-state index is 13.2. The molecule has 1 aromatic rings. The van der Waals surface area contributed by atoms with Gasteiger partial charge >= 0.3 is 0 Å². The highest BCUT2D eigenvalue weighted by Gasteiger charge is 2.29. The van der Waals surface area contributed by atoms with Crippen LogP contribution in [0.4, 0.5) is 15.8 Å². The largest absolute Gasteiger partial charge is 0.397 e. The van der Waals surface area contributed by atoms with Gasteiger partial charge in [-0.15, -0.1) is 0 Å². The van der Waals surface area contributed by atoms with E-state index in [4.69, 9.17) is 5.73 Å². The predicted octanol–water partition coefficient (Wildman–Crippen LogP) is 1.36. The molecule has 1 aliphatic rings. The Morgan fingerprint density at radius 3 is 2.82 bits per heavy atom. The highest BCUT2D eigenvalue weighted by Crippen LogP contribution is 2.25. The van der Waals surface area contributed by atoms with Crippen LogP contribution < -0.4 is 11.1 Å². The van der Waals surface area contributed by atoms with Crippen LogP contribution in [-0.2, 0) is 4.79 Å². The topological polar surface area (TPSA) is 58.4 Å². The number of rotatable bonds is 2. The summed E-state index contributed by atoms with van der Waals surface area (Å²) in [6.07, 6.45) is 0.741. The molecule has 0 bridgehead atoms. The number of aryl methyl sites for hydroxylation is 1. The molecule has 0 aliphatic carbocycles. The van der Waals surface area contributed by atoms with E-state index in [2.05, 4.69) is 5.32 Å². The molecule has 0 spiro atoms. The van der Waals surface area contributed by atoms with Crippen molar-refractivity contribution in [3.05, 3.63) is 23.5 Å². The van der Waals surface area contributed by atoms with Gasteiger partial charge in [0.15, 0.2) is 0 Å². The molecule has 0 aromatic heterocycles. The summed E-state index contributed by atoms with van der Waals surface area (Å²) in [4.78, 5) is 13.4. The number of likely N-dealkylation sites (tertiary alicyclic amines) is 1. The zero-order valence-electron chi connectivity index (χ0n) is 9.96. The molecule has 92 valence electrons. The summed E-state index contributed by atoms with van der Waals surface area (Å²) in [5.41, 5.74) is 7.19. The molecule has 1 fully saturated rings. The van der Waals surface area contributed by atoms with Crippen molar-refractivity contribution >= 4 is 17.3 Å². The summed E-state index contributed by atoms with van der Waals surface area (Å²) < 4.78 is 13.2. The number of nitrogens with zero attached hydrogens (tertiary/aromatic N) is 1. The van der Waals surface area contributed by atoms with Crippen molar-refractivity contribution in [2.45, 2.75) is 19.4 Å². The first kappa shape index (κ1) is 11.7. The summed E-state index contributed by atoms with van der Waals surface area (Å²) in [6, 6.07) is 2.66. The van der Waals surface area contributed by atoms with Gasteiger partial charge in [-0.1, -0.05) is 0 Å². The Morgan fingerprint density at radius 1 is 1.53 bits per heavy atom. The second kappa shape index (κ2) is 4.24. The molecule has 1 saturated heterocycles. The molecule has 2 rings (SSSR count). The number of nitrogens with one attached hydrogen (secondary N) is 1. The number of hydrogen-bond donors (Lipinski definition) is 2. The first-order valence-corrected chi connectivity index (χ1v) is 5.56. The third kappa shape index (κ3) is 2.18. The van der Waals surface area contributed by atoms with Crippen LogP contribution >= 0.6 is 0 Å². The number of halogens is 1. The van der Waals surface area contributed by atoms with Crippen molar-refractivity contribution in [1.29, 1.82) is 0 Å². The fourth-order valence-electron chi connectivity index (χ4n) is 1.97. The SMILES string of the molecule is Cc1cc(NC2CCN(C)C2=O)c(N)cc1F. The second-order valence-corrected chi connectivity index (χ2v) is 4.43. The maximum Gasteiger partial charge on any atom is 0.244 e. The van der Waals surface area contributed by atoms with Crippen LogP contribution in [0, 0.1) is 12.7 Å². The molecule has 1 atom stereocenters. The third-order valence-electron chi connectivity index (χ3n) is 3.09. The number of carbonyl (C=O) groups excluding carboxylic acids is 1. The molecule has 3 N–H and O–H groups in total. The van der Waals surface area contributed by atoms with Crippen molar-refractivity contribution in [2.75, 3.05) is 24.6 Å². The van der Waals surface area contributed by atoms with Gasteiger partial charge in [0.1, 0.15) is 11.9 Å². The summed E-state index contributed by atoms with van der Waals surface area (Å²) in [6.45, 7) is 2.40. The summed E-state index contributed by atoms with van der Waals surface area (Å²) in [7, 11) is 1.77. The van der Waals surface area contributed by atoms with Crippen LogP contribution in [0.15, 0.2) is 12.1 Å². The van der Waals surface area contributed by atoms with Crippen molar-refractivity contribution < 1.29 is 9.18 Å². The van der Waals surface area contributed by atoms with E-state index in [9.17, 15) is 9.18 Å². The highest BCUT2D eigenvalue weighted by molar-refractivity contribution is 5.87. The molecule has 17 heavy (non-hydrogen) atoms. The van der Waals surface area contributed by atoms with E-state index in [-0.39, 0.29) is 17.8 Å². The molecule has 1 amide bonds. The summed E-state index contributed by atoms with van der Waals surface area (Å²) >= 11 is 0. The van der Waals surface area contributed by atoms with Gasteiger partial charge in [-0.2, -0.15) is 0 Å². The fraction of sp³-hybridized carbons (Fsp3) is 0.417. The van der Waals surface area contributed by atoms with Crippen LogP contribution in [0.5, 0.6) is 0 Å². The number of carbonyl (C=O) groups is 1. The lowest BCUT2D eigenvalue weighted by Gasteiger charge is -2.16. The number of likely N-dealkylation sites (N-methyl/N-ethyl adjacent to an activating group) is 1. The Hall–Kier alpha value is -1.78. The zero-order valence-corrected chi connectivity index (χ0v) is 9.96. The van der Waals surface area contributed by atoms with E-state index in [0.717, 1.165) is 13.0 Å². The summed E-state index contributed by atoms with van der Waals surface area (Å²) in [5, 5.41) is 3.07. The smallest absolute Gasteiger partial charge is 0.244 e. The monoisotopic (exact) mass is 237 g/mol. The van der Waals surface area contributed by atoms with E-state index in [1.54, 1.807) is 24.9 Å². The maximum atomic E-state index is 13.2. The van der Waals surface area contributed by atoms with Gasteiger partial charge in [0.05, 0.1) is 11.4 Å². The molecule has 0 radical (unpaired) electrons. The number of anilines is 2. The van der Waals surface area contributed by atoms with Gasteiger partial charge in [0, 0.05) is 13.6 Å². The number of nitrogens with two attached hydrogens (primary N) is 1. The Bertz CT molecular complexity index is 461. The van der Waals surface area contributed by atoms with Gasteiger partial charge in [-0.05, 0) is 31.0 Å². The number of hydrogen-bond acceptors (Lipinski definition) is 3. The molecule has 1 aliphatic heterocycles. The van der Waals surface area contributed by atoms with Gasteiger partial charge in [0.2, 0.25) is 5.91 Å². The van der Waals surface area contributed by atoms with Gasteiger partial charge in [-0.3, -0.25) is 4.79 Å². The molecular formula is C12H16FN3O. The third-order valence-corrected chi connectivity index (χ3v) is 3.09. The minimum absolute atomic E-state index is 0.0476. The van der Waals surface area contributed by atoms with Gasteiger partial charge in [0.25, 0.3) is 0 Å². The van der Waals surface area contributed by atoms with Crippen LogP contribution in [-0.4, -0.2) is 30.4 Å². The Balaban J connectivity index is 2.19. The van der Waals surface area contributed by atoms with Gasteiger partial charge < -0.3 is 16.0 Å². The first-order chi connectivity index (χ1) is 7.99. The molecule has 1 unspecified atom stereocenters. The van der Waals surface area contributed by atoms with Crippen LogP contribution in [0.3, 0.4) is 0 Å². The predicted molar refractivity (Wildman–Crippen MR) is 65.2 cm³/mol. The van der Waals surface area contributed by atoms with E-state index < -0.39 is 0 Å². The lowest BCUT2D eigenvalue weighted by Crippen LogP contribution is -2.31. The molecular weight excluding hydrogens is 221 g/mol. The quantitative estimate of drug-likeness (QED) is 0.763. The van der Waals surface area contributed by atoms with E-state index in [0.29, 0.717) is 16.9 Å². The van der Waals surface area contributed by atoms with E-state index in [1.165, 1.54) is 6.07 Å². The molecule has 1 aromatic carbocycles. The normalized spacial score (nSPS) is 19.8. The Morgan fingerprint density at radius 2 is 2.24 bits per heavy atom. The second-order valence-electron chi connectivity index (χ2n) is 4.43. The molecule has 1 heterocycles. The van der Waals surface area contributed by atoms with E-state index in [1.807, 2.05) is 0 Å². The van der Waals surface area contributed by atoms with Crippen LogP contribution in [0.2, 0.25) is 0 Å². The average molecular weight is 237 g/mol. The lowest BCUT2D eigenvalue weighted by molar-refractivity contribution is -0.127. The average Bonchev–Trinajstić information content (AvgIpc) is 2.58. The minimum Gasteiger partial charge on any atom is -0.397 e. The first-order valence-electron chi connectivity index (χ1n) is 5.56. The zero-order chi connectivity index (χ0) is 12.6. The van der Waals surface area contributed by atoms with Crippen LogP contribution in [0.25, 0.3) is 0 Å². The lowest BCUT2D eigenvalue weighted by atomic mass is 10.1.